The van der Waals surface area contributed by atoms with Gasteiger partial charge in [0, 0.05) is 0 Å². The molecule has 0 spiro atoms. The van der Waals surface area contributed by atoms with E-state index in [4.69, 9.17) is 0 Å². The first-order valence-electron chi connectivity index (χ1n) is 8.12. The van der Waals surface area contributed by atoms with Gasteiger partial charge in [0.15, 0.2) is 0 Å². The maximum absolute atomic E-state index is 4.36. The molecule has 3 aromatic carbocycles. The summed E-state index contributed by atoms with van der Waals surface area (Å²) < 4.78 is 4.58. The van der Waals surface area contributed by atoms with E-state index in [1.165, 1.54) is 14.5 Å². The summed E-state index contributed by atoms with van der Waals surface area (Å²) in [6.45, 7) is 2.17. The van der Waals surface area contributed by atoms with Crippen molar-refractivity contribution in [3.05, 3.63) is 90.6 Å². The van der Waals surface area contributed by atoms with E-state index >= 15 is 0 Å². The Kier molecular flexibility index (Phi) is 4.47. The fourth-order valence-electron chi connectivity index (χ4n) is 2.64. The Hall–Kier alpha value is -2.68. The molecule has 122 valence electrons. The molecule has 0 bridgehead atoms. The van der Waals surface area contributed by atoms with Crippen LogP contribution in [0.25, 0.3) is 16.9 Å². The van der Waals surface area contributed by atoms with Gasteiger partial charge in [-0.2, -0.15) is 0 Å². The normalized spacial score (nSPS) is 10.8. The van der Waals surface area contributed by atoms with Crippen molar-refractivity contribution < 1.29 is 0 Å². The average molecular weight is 390 g/mol. The molecule has 0 unspecified atom stereocenters. The Morgan fingerprint density at radius 1 is 0.760 bits per heavy atom. The van der Waals surface area contributed by atoms with Crippen molar-refractivity contribution in [2.45, 2.75) is 6.92 Å². The molecule has 0 N–H and O–H groups in total. The van der Waals surface area contributed by atoms with Crippen LogP contribution in [0.3, 0.4) is 0 Å². The molecule has 0 aliphatic heterocycles. The monoisotopic (exact) mass is 391 g/mol. The number of nitrogens with zero attached hydrogens (tertiary/aromatic N) is 3. The molecule has 4 heteroatoms. The summed E-state index contributed by atoms with van der Waals surface area (Å²) in [5, 5.41) is 8.71. The van der Waals surface area contributed by atoms with E-state index < -0.39 is 0 Å². The van der Waals surface area contributed by atoms with E-state index in [-0.39, 0.29) is 15.0 Å². The van der Waals surface area contributed by atoms with Gasteiger partial charge >= 0.3 is 153 Å². The minimum absolute atomic E-state index is 0.223. The molecular formula is C21H17N3Se. The van der Waals surface area contributed by atoms with Gasteiger partial charge in [0.1, 0.15) is 0 Å². The Bertz CT molecular complexity index is 993. The van der Waals surface area contributed by atoms with E-state index in [1.807, 2.05) is 29.1 Å². The number of rotatable bonds is 4. The molecule has 4 rings (SSSR count). The van der Waals surface area contributed by atoms with Crippen molar-refractivity contribution in [3.63, 3.8) is 0 Å². The number of benzene rings is 3. The summed E-state index contributed by atoms with van der Waals surface area (Å²) in [7, 11) is 0. The minimum atomic E-state index is 0.223. The van der Waals surface area contributed by atoms with Gasteiger partial charge in [-0.3, -0.25) is 0 Å². The zero-order chi connectivity index (χ0) is 17.1. The van der Waals surface area contributed by atoms with Gasteiger partial charge in [-0.15, -0.1) is 0 Å². The number of hydrogen-bond acceptors (Lipinski definition) is 2. The molecule has 25 heavy (non-hydrogen) atoms. The zero-order valence-corrected chi connectivity index (χ0v) is 15.5. The first kappa shape index (κ1) is 15.8. The topological polar surface area (TPSA) is 30.7 Å². The Balaban J connectivity index is 1.70. The molecule has 3 nitrogen and oxygen atoms in total. The van der Waals surface area contributed by atoms with Crippen LogP contribution in [0.2, 0.25) is 0 Å². The van der Waals surface area contributed by atoms with Crippen LogP contribution in [0.5, 0.6) is 0 Å². The molecule has 0 amide bonds. The van der Waals surface area contributed by atoms with Crippen LogP contribution < -0.4 is 8.92 Å². The van der Waals surface area contributed by atoms with Crippen LogP contribution in [0, 0.1) is 6.92 Å². The second-order valence-corrected chi connectivity index (χ2v) is 8.02. The van der Waals surface area contributed by atoms with Crippen molar-refractivity contribution in [2.24, 2.45) is 0 Å². The summed E-state index contributed by atoms with van der Waals surface area (Å²) in [5.41, 5.74) is 4.40. The Labute approximate surface area is 153 Å². The Morgan fingerprint density at radius 3 is 2.24 bits per heavy atom. The third-order valence-electron chi connectivity index (χ3n) is 3.99. The van der Waals surface area contributed by atoms with Gasteiger partial charge in [-0.05, 0) is 0 Å². The summed E-state index contributed by atoms with van der Waals surface area (Å²) in [5.74, 6) is 0. The second-order valence-electron chi connectivity index (χ2n) is 5.75. The van der Waals surface area contributed by atoms with E-state index in [0.717, 1.165) is 16.9 Å². The summed E-state index contributed by atoms with van der Waals surface area (Å²) in [6.07, 6.45) is 2.00. The standard InChI is InChI=1S/C21H17N3Se/c1-16-9-5-7-13-20(16)25-21-14-8-6-12-19(21)24-15-18(22-23-24)17-10-3-2-4-11-17/h2-15H,1H3. The van der Waals surface area contributed by atoms with Crippen LogP contribution in [0.15, 0.2) is 85.1 Å². The third-order valence-corrected chi connectivity index (χ3v) is 6.60. The molecule has 0 aliphatic carbocycles. The zero-order valence-electron chi connectivity index (χ0n) is 13.8. The van der Waals surface area contributed by atoms with E-state index in [0.29, 0.717) is 0 Å². The van der Waals surface area contributed by atoms with Gasteiger partial charge in [0.25, 0.3) is 0 Å². The quantitative estimate of drug-likeness (QED) is 0.502. The fourth-order valence-corrected chi connectivity index (χ4v) is 4.80. The van der Waals surface area contributed by atoms with E-state index in [2.05, 4.69) is 77.9 Å². The summed E-state index contributed by atoms with van der Waals surface area (Å²) in [4.78, 5) is 0. The second kappa shape index (κ2) is 7.06. The first-order valence-corrected chi connectivity index (χ1v) is 9.83. The predicted octanol–water partition coefficient (Wildman–Crippen LogP) is 2.90. The van der Waals surface area contributed by atoms with Crippen molar-refractivity contribution in [1.29, 1.82) is 0 Å². The van der Waals surface area contributed by atoms with Crippen LogP contribution in [-0.2, 0) is 0 Å². The van der Waals surface area contributed by atoms with Crippen molar-refractivity contribution in [3.8, 4) is 16.9 Å². The molecule has 0 saturated heterocycles. The number of aromatic nitrogens is 3. The van der Waals surface area contributed by atoms with Crippen molar-refractivity contribution >= 4 is 23.9 Å². The van der Waals surface area contributed by atoms with Crippen molar-refractivity contribution in [1.82, 2.24) is 15.0 Å². The Morgan fingerprint density at radius 2 is 1.44 bits per heavy atom. The maximum atomic E-state index is 4.36. The molecule has 4 aromatic rings. The number of hydrogen-bond donors (Lipinski definition) is 0. The van der Waals surface area contributed by atoms with Gasteiger partial charge < -0.3 is 0 Å². The molecule has 0 radical (unpaired) electrons. The fraction of sp³-hybridized carbons (Fsp3) is 0.0476. The van der Waals surface area contributed by atoms with Crippen LogP contribution in [0.4, 0.5) is 0 Å². The molecule has 0 fully saturated rings. The van der Waals surface area contributed by atoms with Crippen molar-refractivity contribution in [2.75, 3.05) is 0 Å². The summed E-state index contributed by atoms with van der Waals surface area (Å²) in [6, 6.07) is 27.2. The van der Waals surface area contributed by atoms with E-state index in [9.17, 15) is 0 Å². The number of para-hydroxylation sites is 1. The summed E-state index contributed by atoms with van der Waals surface area (Å²) >= 11 is 0.223. The molecule has 0 aliphatic rings. The predicted molar refractivity (Wildman–Crippen MR) is 103 cm³/mol. The average Bonchev–Trinajstić information content (AvgIpc) is 3.15. The third kappa shape index (κ3) is 3.41. The molecule has 0 saturated carbocycles. The molecule has 0 atom stereocenters. The van der Waals surface area contributed by atoms with Crippen LogP contribution in [0.1, 0.15) is 5.56 Å². The van der Waals surface area contributed by atoms with Gasteiger partial charge in [0.2, 0.25) is 0 Å². The molecule has 1 aromatic heterocycles. The van der Waals surface area contributed by atoms with Gasteiger partial charge in [0.05, 0.1) is 0 Å². The van der Waals surface area contributed by atoms with Gasteiger partial charge in [-0.25, -0.2) is 0 Å². The van der Waals surface area contributed by atoms with Crippen LogP contribution in [-0.4, -0.2) is 30.0 Å². The molecular weight excluding hydrogens is 373 g/mol. The van der Waals surface area contributed by atoms with E-state index in [1.54, 1.807) is 0 Å². The first-order chi connectivity index (χ1) is 12.3. The van der Waals surface area contributed by atoms with Crippen LogP contribution >= 0.6 is 0 Å². The number of aryl methyl sites for hydroxylation is 1. The SMILES string of the molecule is Cc1ccccc1[Se]c1ccccc1-n1cc(-c2ccccc2)nn1. The van der Waals surface area contributed by atoms with Gasteiger partial charge in [-0.1, -0.05) is 0 Å². The molecule has 1 heterocycles.